The Bertz CT molecular complexity index is 1760. The Morgan fingerprint density at radius 2 is 0.951 bits per heavy atom. The monoisotopic (exact) mass is 596 g/mol. The average Bonchev–Trinajstić information content (AvgIpc) is 3.04. The molecule has 0 heterocycles. The van der Waals surface area contributed by atoms with Gasteiger partial charge in [-0.05, 0) is 42.3 Å². The first-order valence-corrected chi connectivity index (χ1v) is 14.3. The van der Waals surface area contributed by atoms with Crippen molar-refractivity contribution in [1.82, 2.24) is 0 Å². The molecule has 5 aromatic rings. The molecule has 5 aromatic carbocycles. The Hall–Kier alpha value is -4.38. The van der Waals surface area contributed by atoms with Crippen molar-refractivity contribution >= 4 is 15.9 Å². The van der Waals surface area contributed by atoms with Crippen molar-refractivity contribution in [2.24, 2.45) is 0 Å². The minimum Gasteiger partial charge on any atom is -0.369 e. The van der Waals surface area contributed by atoms with Crippen LogP contribution in [0.3, 0.4) is 0 Å². The van der Waals surface area contributed by atoms with Gasteiger partial charge in [0, 0.05) is 37.9 Å². The normalized spacial score (nSPS) is 13.5. The zero-order valence-electron chi connectivity index (χ0n) is 22.7. The van der Waals surface area contributed by atoms with Gasteiger partial charge in [-0.15, -0.1) is 0 Å². The maximum Gasteiger partial charge on any atom is 0.178 e. The lowest BCUT2D eigenvalue weighted by Gasteiger charge is -2.26. The van der Waals surface area contributed by atoms with Crippen LogP contribution in [0.15, 0.2) is 138 Å². The number of aliphatic hydroxyl groups is 2. The van der Waals surface area contributed by atoms with E-state index in [1.165, 1.54) is 0 Å². The second-order valence-corrected chi connectivity index (χ2v) is 10.6. The third-order valence-electron chi connectivity index (χ3n) is 7.10. The van der Waals surface area contributed by atoms with Gasteiger partial charge in [0.1, 0.15) is 0 Å². The van der Waals surface area contributed by atoms with Crippen LogP contribution in [0.2, 0.25) is 0 Å². The highest BCUT2D eigenvalue weighted by molar-refractivity contribution is 9.10. The van der Waals surface area contributed by atoms with Gasteiger partial charge in [-0.2, -0.15) is 0 Å². The van der Waals surface area contributed by atoms with E-state index < -0.39 is 11.2 Å². The predicted octanol–water partition coefficient (Wildman–Crippen LogP) is 7.59. The van der Waals surface area contributed by atoms with E-state index in [1.807, 2.05) is 133 Å². The number of halogens is 1. The SMILES string of the molecule is CCc1ccccc1C(O)(C#Cc1ccc(C#CC(O)(c2ccccc2)c2ccccc2Br)cc1)c1ccccc1. The van der Waals surface area contributed by atoms with Gasteiger partial charge >= 0.3 is 0 Å². The summed E-state index contributed by atoms with van der Waals surface area (Å²) in [6.45, 7) is 2.08. The lowest BCUT2D eigenvalue weighted by atomic mass is 9.83. The van der Waals surface area contributed by atoms with Crippen LogP contribution in [-0.2, 0) is 17.6 Å². The molecule has 5 rings (SSSR count). The molecule has 2 unspecified atom stereocenters. The van der Waals surface area contributed by atoms with Gasteiger partial charge < -0.3 is 10.2 Å². The minimum absolute atomic E-state index is 0.675. The Morgan fingerprint density at radius 1 is 0.537 bits per heavy atom. The van der Waals surface area contributed by atoms with Gasteiger partial charge in [0.25, 0.3) is 0 Å². The van der Waals surface area contributed by atoms with Gasteiger partial charge in [0.15, 0.2) is 11.2 Å². The Kier molecular flexibility index (Phi) is 8.53. The summed E-state index contributed by atoms with van der Waals surface area (Å²) in [5, 5.41) is 23.8. The van der Waals surface area contributed by atoms with Crippen LogP contribution in [0.25, 0.3) is 0 Å². The molecule has 200 valence electrons. The summed E-state index contributed by atoms with van der Waals surface area (Å²) >= 11 is 3.58. The Labute approximate surface area is 250 Å². The highest BCUT2D eigenvalue weighted by Crippen LogP contribution is 2.34. The summed E-state index contributed by atoms with van der Waals surface area (Å²) in [7, 11) is 0. The van der Waals surface area contributed by atoms with Gasteiger partial charge in [0.2, 0.25) is 0 Å². The molecule has 0 saturated heterocycles. The van der Waals surface area contributed by atoms with Crippen molar-refractivity contribution in [3.8, 4) is 23.7 Å². The fourth-order valence-electron chi connectivity index (χ4n) is 4.85. The zero-order chi connectivity index (χ0) is 28.7. The van der Waals surface area contributed by atoms with E-state index in [2.05, 4.69) is 46.5 Å². The Balaban J connectivity index is 1.50. The van der Waals surface area contributed by atoms with Gasteiger partial charge in [-0.25, -0.2) is 0 Å². The van der Waals surface area contributed by atoms with Crippen LogP contribution >= 0.6 is 15.9 Å². The summed E-state index contributed by atoms with van der Waals surface area (Å²) in [6, 6.07) is 42.0. The number of aryl methyl sites for hydroxylation is 1. The second-order valence-electron chi connectivity index (χ2n) is 9.72. The summed E-state index contributed by atoms with van der Waals surface area (Å²) in [5.74, 6) is 12.6. The lowest BCUT2D eigenvalue weighted by molar-refractivity contribution is 0.144. The van der Waals surface area contributed by atoms with Crippen LogP contribution in [0.4, 0.5) is 0 Å². The molecule has 41 heavy (non-hydrogen) atoms. The van der Waals surface area contributed by atoms with Gasteiger partial charge in [-0.3, -0.25) is 0 Å². The first-order valence-electron chi connectivity index (χ1n) is 13.5. The average molecular weight is 598 g/mol. The van der Waals surface area contributed by atoms with Crippen LogP contribution in [0.1, 0.15) is 45.9 Å². The number of rotatable bonds is 5. The minimum atomic E-state index is -1.50. The molecule has 0 bridgehead atoms. The largest absolute Gasteiger partial charge is 0.369 e. The summed E-state index contributed by atoms with van der Waals surface area (Å²) in [4.78, 5) is 0. The zero-order valence-corrected chi connectivity index (χ0v) is 24.3. The number of hydrogen-bond donors (Lipinski definition) is 2. The maximum absolute atomic E-state index is 12.0. The standard InChI is InChI=1S/C38H29BrO2/c1-2-31-13-9-10-18-34(31)37(40,32-14-5-3-6-15-32)27-25-29-21-23-30(24-22-29)26-28-38(41,33-16-7-4-8-17-33)35-19-11-12-20-36(35)39/h3-24,40-41H,2H2,1H3. The summed E-state index contributed by atoms with van der Waals surface area (Å²) < 4.78 is 0.779. The molecule has 0 fully saturated rings. The molecule has 0 radical (unpaired) electrons. The Morgan fingerprint density at radius 3 is 1.44 bits per heavy atom. The van der Waals surface area contributed by atoms with Crippen molar-refractivity contribution in [2.45, 2.75) is 24.5 Å². The van der Waals surface area contributed by atoms with Crippen molar-refractivity contribution in [1.29, 1.82) is 0 Å². The molecule has 0 aliphatic rings. The molecule has 3 heteroatoms. The van der Waals surface area contributed by atoms with E-state index in [4.69, 9.17) is 0 Å². The van der Waals surface area contributed by atoms with Crippen LogP contribution in [0.5, 0.6) is 0 Å². The number of benzene rings is 5. The predicted molar refractivity (Wildman–Crippen MR) is 169 cm³/mol. The van der Waals surface area contributed by atoms with E-state index in [-0.39, 0.29) is 0 Å². The van der Waals surface area contributed by atoms with Crippen molar-refractivity contribution in [3.63, 3.8) is 0 Å². The highest BCUT2D eigenvalue weighted by Gasteiger charge is 2.32. The molecule has 0 amide bonds. The van der Waals surface area contributed by atoms with Gasteiger partial charge in [0.05, 0.1) is 0 Å². The van der Waals surface area contributed by atoms with E-state index in [0.717, 1.165) is 38.7 Å². The molecule has 0 saturated carbocycles. The molecule has 0 aromatic heterocycles. The van der Waals surface area contributed by atoms with Crippen molar-refractivity contribution in [3.05, 3.63) is 177 Å². The first kappa shape index (κ1) is 28.2. The smallest absolute Gasteiger partial charge is 0.178 e. The van der Waals surface area contributed by atoms with E-state index in [1.54, 1.807) is 0 Å². The quantitative estimate of drug-likeness (QED) is 0.205. The van der Waals surface area contributed by atoms with E-state index in [0.29, 0.717) is 11.1 Å². The highest BCUT2D eigenvalue weighted by atomic mass is 79.9. The topological polar surface area (TPSA) is 40.5 Å². The molecular formula is C38H29BrO2. The van der Waals surface area contributed by atoms with Crippen LogP contribution in [0, 0.1) is 23.7 Å². The lowest BCUT2D eigenvalue weighted by Crippen LogP contribution is -2.26. The third-order valence-corrected chi connectivity index (χ3v) is 7.79. The summed E-state index contributed by atoms with van der Waals surface area (Å²) in [6.07, 6.45) is 0.787. The third kappa shape index (κ3) is 6.04. The fraction of sp³-hybridized carbons (Fsp3) is 0.105. The number of hydrogen-bond acceptors (Lipinski definition) is 2. The fourth-order valence-corrected chi connectivity index (χ4v) is 5.42. The van der Waals surface area contributed by atoms with Crippen molar-refractivity contribution < 1.29 is 10.2 Å². The molecule has 2 nitrogen and oxygen atoms in total. The molecular weight excluding hydrogens is 568 g/mol. The molecule has 2 atom stereocenters. The van der Waals surface area contributed by atoms with Gasteiger partial charge in [-0.1, -0.05) is 150 Å². The molecule has 0 aliphatic heterocycles. The molecule has 2 N–H and O–H groups in total. The molecule has 0 aliphatic carbocycles. The maximum atomic E-state index is 12.0. The van der Waals surface area contributed by atoms with Crippen molar-refractivity contribution in [2.75, 3.05) is 0 Å². The summed E-state index contributed by atoms with van der Waals surface area (Å²) in [5.41, 5.74) is 2.46. The first-order chi connectivity index (χ1) is 19.9. The van der Waals surface area contributed by atoms with E-state index >= 15 is 0 Å². The molecule has 0 spiro atoms. The van der Waals surface area contributed by atoms with Crippen LogP contribution in [-0.4, -0.2) is 10.2 Å². The van der Waals surface area contributed by atoms with Crippen LogP contribution < -0.4 is 0 Å². The second kappa shape index (κ2) is 12.4. The van der Waals surface area contributed by atoms with E-state index in [9.17, 15) is 10.2 Å².